The van der Waals surface area contributed by atoms with Crippen LogP contribution in [0.5, 0.6) is 0 Å². The van der Waals surface area contributed by atoms with Crippen molar-refractivity contribution in [1.29, 1.82) is 0 Å². The van der Waals surface area contributed by atoms with Crippen LogP contribution in [0.4, 0.5) is 4.79 Å². The number of aliphatic hydroxyl groups excluding tert-OH is 1. The number of rotatable bonds is 2. The number of hydrogen-bond donors (Lipinski definition) is 1. The van der Waals surface area contributed by atoms with Crippen LogP contribution in [-0.2, 0) is 4.74 Å². The van der Waals surface area contributed by atoms with Crippen molar-refractivity contribution in [2.75, 3.05) is 13.2 Å². The zero-order valence-corrected chi connectivity index (χ0v) is 11.0. The summed E-state index contributed by atoms with van der Waals surface area (Å²) in [5, 5.41) is 9.07. The molecule has 2 rings (SSSR count). The Bertz CT molecular complexity index is 298. The Morgan fingerprint density at radius 1 is 1.35 bits per heavy atom. The molecule has 0 spiro atoms. The molecule has 1 aliphatic heterocycles. The average molecular weight is 241 g/mol. The summed E-state index contributed by atoms with van der Waals surface area (Å²) in [5.74, 6) is 1.46. The van der Waals surface area contributed by atoms with Gasteiger partial charge in [-0.05, 0) is 51.9 Å². The van der Waals surface area contributed by atoms with Crippen molar-refractivity contribution in [3.05, 3.63) is 0 Å². The van der Waals surface area contributed by atoms with Gasteiger partial charge in [0.15, 0.2) is 0 Å². The van der Waals surface area contributed by atoms with Gasteiger partial charge in [-0.2, -0.15) is 0 Å². The number of likely N-dealkylation sites (tertiary alicyclic amines) is 1. The van der Waals surface area contributed by atoms with Gasteiger partial charge in [0.2, 0.25) is 0 Å². The third-order valence-corrected chi connectivity index (χ3v) is 3.61. The summed E-state index contributed by atoms with van der Waals surface area (Å²) in [6.45, 7) is 6.60. The first-order valence-corrected chi connectivity index (χ1v) is 6.51. The van der Waals surface area contributed by atoms with Crippen molar-refractivity contribution in [1.82, 2.24) is 4.90 Å². The summed E-state index contributed by atoms with van der Waals surface area (Å²) in [4.78, 5) is 13.9. The molecule has 98 valence electrons. The number of hydrogen-bond acceptors (Lipinski definition) is 3. The largest absolute Gasteiger partial charge is 0.444 e. The lowest BCUT2D eigenvalue weighted by atomic mass is 10.00. The first-order valence-electron chi connectivity index (χ1n) is 6.51. The van der Waals surface area contributed by atoms with E-state index >= 15 is 0 Å². The predicted octanol–water partition coefficient (Wildman–Crippen LogP) is 2.01. The zero-order chi connectivity index (χ0) is 12.6. The molecule has 0 aromatic carbocycles. The van der Waals surface area contributed by atoms with E-state index in [0.717, 1.165) is 18.9 Å². The van der Waals surface area contributed by atoms with E-state index in [1.807, 2.05) is 25.7 Å². The molecule has 1 saturated carbocycles. The van der Waals surface area contributed by atoms with E-state index in [4.69, 9.17) is 9.84 Å². The van der Waals surface area contributed by atoms with E-state index in [0.29, 0.717) is 12.3 Å². The Balaban J connectivity index is 1.98. The molecule has 0 aromatic rings. The summed E-state index contributed by atoms with van der Waals surface area (Å²) in [6.07, 6.45) is 2.72. The maximum atomic E-state index is 12.1. The second kappa shape index (κ2) is 4.48. The molecule has 2 aliphatic rings. The van der Waals surface area contributed by atoms with Gasteiger partial charge < -0.3 is 14.7 Å². The number of amides is 1. The van der Waals surface area contributed by atoms with Crippen molar-refractivity contribution >= 4 is 6.09 Å². The molecular formula is C13H23NO3. The third-order valence-electron chi connectivity index (χ3n) is 3.61. The molecule has 0 bridgehead atoms. The molecule has 17 heavy (non-hydrogen) atoms. The number of carbonyl (C=O) groups excluding carboxylic acids is 1. The molecule has 1 saturated heterocycles. The van der Waals surface area contributed by atoms with Gasteiger partial charge in [-0.15, -0.1) is 0 Å². The minimum Gasteiger partial charge on any atom is -0.444 e. The fraction of sp³-hybridized carbons (Fsp3) is 0.923. The van der Waals surface area contributed by atoms with Crippen molar-refractivity contribution in [2.45, 2.75) is 51.7 Å². The SMILES string of the molecule is CC(C)(C)OC(=O)N1CC2CC2C[C@H]1CCO. The van der Waals surface area contributed by atoms with Gasteiger partial charge in [-0.3, -0.25) is 0 Å². The molecule has 1 heterocycles. The Labute approximate surface area is 103 Å². The molecule has 1 aliphatic carbocycles. The Hall–Kier alpha value is -0.770. The maximum Gasteiger partial charge on any atom is 0.410 e. The monoisotopic (exact) mass is 241 g/mol. The molecule has 4 nitrogen and oxygen atoms in total. The second-order valence-corrected chi connectivity index (χ2v) is 6.29. The van der Waals surface area contributed by atoms with E-state index < -0.39 is 5.60 Å². The van der Waals surface area contributed by atoms with Gasteiger partial charge in [0, 0.05) is 19.2 Å². The Kier molecular flexibility index (Phi) is 3.34. The van der Waals surface area contributed by atoms with Crippen LogP contribution in [0.2, 0.25) is 0 Å². The third kappa shape index (κ3) is 3.12. The van der Waals surface area contributed by atoms with E-state index in [9.17, 15) is 4.79 Å². The normalized spacial score (nSPS) is 32.0. The molecule has 1 N–H and O–H groups in total. The fourth-order valence-corrected chi connectivity index (χ4v) is 2.67. The molecule has 1 amide bonds. The van der Waals surface area contributed by atoms with Gasteiger partial charge >= 0.3 is 6.09 Å². The molecular weight excluding hydrogens is 218 g/mol. The highest BCUT2D eigenvalue weighted by molar-refractivity contribution is 5.69. The van der Waals surface area contributed by atoms with Crippen LogP contribution in [0.1, 0.15) is 40.0 Å². The van der Waals surface area contributed by atoms with Crippen LogP contribution in [0.15, 0.2) is 0 Å². The first kappa shape index (κ1) is 12.7. The van der Waals surface area contributed by atoms with Crippen molar-refractivity contribution in [3.8, 4) is 0 Å². The number of nitrogens with zero attached hydrogens (tertiary/aromatic N) is 1. The lowest BCUT2D eigenvalue weighted by molar-refractivity contribution is 0.00580. The highest BCUT2D eigenvalue weighted by atomic mass is 16.6. The second-order valence-electron chi connectivity index (χ2n) is 6.29. The number of fused-ring (bicyclic) bond motifs is 1. The molecule has 2 fully saturated rings. The minimum absolute atomic E-state index is 0.140. The fourth-order valence-electron chi connectivity index (χ4n) is 2.67. The lowest BCUT2D eigenvalue weighted by Crippen LogP contribution is -2.47. The summed E-state index contributed by atoms with van der Waals surface area (Å²) < 4.78 is 5.43. The Morgan fingerprint density at radius 3 is 2.65 bits per heavy atom. The summed E-state index contributed by atoms with van der Waals surface area (Å²) in [7, 11) is 0. The van der Waals surface area contributed by atoms with Crippen LogP contribution >= 0.6 is 0 Å². The highest BCUT2D eigenvalue weighted by Gasteiger charge is 2.47. The van der Waals surface area contributed by atoms with Crippen LogP contribution in [-0.4, -0.2) is 40.9 Å². The van der Waals surface area contributed by atoms with Crippen LogP contribution in [0.25, 0.3) is 0 Å². The van der Waals surface area contributed by atoms with Crippen molar-refractivity contribution < 1.29 is 14.6 Å². The van der Waals surface area contributed by atoms with Gasteiger partial charge in [0.25, 0.3) is 0 Å². The van der Waals surface area contributed by atoms with E-state index in [-0.39, 0.29) is 18.7 Å². The quantitative estimate of drug-likeness (QED) is 0.804. The molecule has 3 atom stereocenters. The summed E-state index contributed by atoms with van der Waals surface area (Å²) in [5.41, 5.74) is -0.443. The van der Waals surface area contributed by atoms with Crippen LogP contribution < -0.4 is 0 Å². The van der Waals surface area contributed by atoms with Gasteiger partial charge in [-0.25, -0.2) is 4.79 Å². The van der Waals surface area contributed by atoms with Crippen molar-refractivity contribution in [2.24, 2.45) is 11.8 Å². The predicted molar refractivity (Wildman–Crippen MR) is 64.6 cm³/mol. The Morgan fingerprint density at radius 2 is 2.06 bits per heavy atom. The summed E-state index contributed by atoms with van der Waals surface area (Å²) in [6, 6.07) is 0.165. The molecule has 0 radical (unpaired) electrons. The van der Waals surface area contributed by atoms with E-state index in [1.54, 1.807) is 0 Å². The number of carbonyl (C=O) groups is 1. The van der Waals surface area contributed by atoms with E-state index in [1.165, 1.54) is 6.42 Å². The van der Waals surface area contributed by atoms with Crippen molar-refractivity contribution in [3.63, 3.8) is 0 Å². The molecule has 2 unspecified atom stereocenters. The van der Waals surface area contributed by atoms with Gasteiger partial charge in [-0.1, -0.05) is 0 Å². The maximum absolute atomic E-state index is 12.1. The standard InChI is InChI=1S/C13H23NO3/c1-13(2,3)17-12(16)14-8-10-6-9(10)7-11(14)4-5-15/h9-11,15H,4-8H2,1-3H3/t9?,10?,11-/m1/s1. The highest BCUT2D eigenvalue weighted by Crippen LogP contribution is 2.47. The number of ether oxygens (including phenoxy) is 1. The smallest absolute Gasteiger partial charge is 0.410 e. The molecule has 4 heteroatoms. The van der Waals surface area contributed by atoms with E-state index in [2.05, 4.69) is 0 Å². The van der Waals surface area contributed by atoms with Crippen LogP contribution in [0, 0.1) is 11.8 Å². The van der Waals surface area contributed by atoms with Gasteiger partial charge in [0.05, 0.1) is 0 Å². The molecule has 0 aromatic heterocycles. The topological polar surface area (TPSA) is 49.8 Å². The first-order chi connectivity index (χ1) is 7.90. The number of piperidine rings is 1. The number of aliphatic hydroxyl groups is 1. The van der Waals surface area contributed by atoms with Crippen LogP contribution in [0.3, 0.4) is 0 Å². The van der Waals surface area contributed by atoms with Gasteiger partial charge in [0.1, 0.15) is 5.60 Å². The summed E-state index contributed by atoms with van der Waals surface area (Å²) >= 11 is 0. The average Bonchev–Trinajstić information content (AvgIpc) is 2.92. The minimum atomic E-state index is -0.443. The zero-order valence-electron chi connectivity index (χ0n) is 11.0. The lowest BCUT2D eigenvalue weighted by Gasteiger charge is -2.36.